The Kier molecular flexibility index (Phi) is 4.50. The van der Waals surface area contributed by atoms with Crippen molar-refractivity contribution in [3.63, 3.8) is 0 Å². The summed E-state index contributed by atoms with van der Waals surface area (Å²) in [5.41, 5.74) is 0. The standard InChI is InChI=1S/C11H19NO2/c1-2-3-4-9-5-7-10(8-6-9)12-11(13)14/h3-4,9-10,12H,2,5-8H2,1H3,(H,13,14)/b4-3-. The summed E-state index contributed by atoms with van der Waals surface area (Å²) in [6, 6.07) is 0.179. The minimum atomic E-state index is -0.891. The largest absolute Gasteiger partial charge is 0.465 e. The third kappa shape index (κ3) is 3.81. The van der Waals surface area contributed by atoms with Crippen molar-refractivity contribution in [1.29, 1.82) is 0 Å². The van der Waals surface area contributed by atoms with E-state index in [-0.39, 0.29) is 6.04 Å². The molecule has 0 bridgehead atoms. The molecular formula is C11H19NO2. The molecule has 14 heavy (non-hydrogen) atoms. The van der Waals surface area contributed by atoms with Crippen LogP contribution in [0.2, 0.25) is 0 Å². The number of allylic oxidation sites excluding steroid dienone is 2. The Hall–Kier alpha value is -0.990. The Morgan fingerprint density at radius 1 is 1.43 bits per heavy atom. The van der Waals surface area contributed by atoms with Crippen LogP contribution in [0.15, 0.2) is 12.2 Å². The van der Waals surface area contributed by atoms with Crippen LogP contribution in [0.1, 0.15) is 39.0 Å². The highest BCUT2D eigenvalue weighted by molar-refractivity contribution is 5.64. The Morgan fingerprint density at radius 3 is 2.57 bits per heavy atom. The molecule has 0 atom stereocenters. The van der Waals surface area contributed by atoms with Crippen LogP contribution in [0, 0.1) is 5.92 Å². The minimum Gasteiger partial charge on any atom is -0.465 e. The van der Waals surface area contributed by atoms with Gasteiger partial charge in [-0.25, -0.2) is 4.79 Å². The molecule has 1 rings (SSSR count). The molecule has 0 aromatic rings. The van der Waals surface area contributed by atoms with Gasteiger partial charge in [0.15, 0.2) is 0 Å². The van der Waals surface area contributed by atoms with Crippen LogP contribution in [-0.4, -0.2) is 17.2 Å². The highest BCUT2D eigenvalue weighted by Gasteiger charge is 2.20. The van der Waals surface area contributed by atoms with Crippen LogP contribution in [-0.2, 0) is 0 Å². The first-order valence-corrected chi connectivity index (χ1v) is 5.38. The van der Waals surface area contributed by atoms with Crippen molar-refractivity contribution in [2.24, 2.45) is 5.92 Å². The second-order valence-corrected chi connectivity index (χ2v) is 3.90. The molecule has 80 valence electrons. The van der Waals surface area contributed by atoms with Crippen molar-refractivity contribution in [3.05, 3.63) is 12.2 Å². The summed E-state index contributed by atoms with van der Waals surface area (Å²) in [6.45, 7) is 2.13. The molecule has 3 nitrogen and oxygen atoms in total. The van der Waals surface area contributed by atoms with Crippen molar-refractivity contribution in [3.8, 4) is 0 Å². The van der Waals surface area contributed by atoms with Gasteiger partial charge in [-0.15, -0.1) is 0 Å². The summed E-state index contributed by atoms with van der Waals surface area (Å²) in [5.74, 6) is 0.668. The predicted octanol–water partition coefficient (Wildman–Crippen LogP) is 2.78. The van der Waals surface area contributed by atoms with Gasteiger partial charge in [0, 0.05) is 6.04 Å². The van der Waals surface area contributed by atoms with Gasteiger partial charge in [0.2, 0.25) is 0 Å². The maximum atomic E-state index is 10.4. The van der Waals surface area contributed by atoms with Crippen molar-refractivity contribution < 1.29 is 9.90 Å². The number of hydrogen-bond acceptors (Lipinski definition) is 1. The first-order valence-electron chi connectivity index (χ1n) is 5.38. The molecule has 1 saturated carbocycles. The van der Waals surface area contributed by atoms with Crippen LogP contribution in [0.25, 0.3) is 0 Å². The normalized spacial score (nSPS) is 27.8. The monoisotopic (exact) mass is 197 g/mol. The van der Waals surface area contributed by atoms with E-state index in [0.717, 1.165) is 32.1 Å². The smallest absolute Gasteiger partial charge is 0.404 e. The maximum absolute atomic E-state index is 10.4. The first-order chi connectivity index (χ1) is 6.72. The second-order valence-electron chi connectivity index (χ2n) is 3.90. The summed E-state index contributed by atoms with van der Waals surface area (Å²) in [7, 11) is 0. The summed E-state index contributed by atoms with van der Waals surface area (Å²) in [4.78, 5) is 10.4. The molecule has 0 heterocycles. The molecule has 1 aliphatic rings. The van der Waals surface area contributed by atoms with Gasteiger partial charge in [0.1, 0.15) is 0 Å². The number of nitrogens with one attached hydrogen (secondary N) is 1. The number of rotatable bonds is 3. The highest BCUT2D eigenvalue weighted by Crippen LogP contribution is 2.25. The molecule has 3 heteroatoms. The number of hydrogen-bond donors (Lipinski definition) is 2. The maximum Gasteiger partial charge on any atom is 0.404 e. The number of amides is 1. The molecule has 2 N–H and O–H groups in total. The van der Waals surface area contributed by atoms with Crippen LogP contribution in [0.4, 0.5) is 4.79 Å². The minimum absolute atomic E-state index is 0.179. The van der Waals surface area contributed by atoms with Gasteiger partial charge in [-0.1, -0.05) is 19.1 Å². The van der Waals surface area contributed by atoms with Crippen molar-refractivity contribution in [2.75, 3.05) is 0 Å². The lowest BCUT2D eigenvalue weighted by Crippen LogP contribution is -2.36. The Bertz CT molecular complexity index is 205. The average molecular weight is 197 g/mol. The van der Waals surface area contributed by atoms with Crippen molar-refractivity contribution >= 4 is 6.09 Å². The Morgan fingerprint density at radius 2 is 2.07 bits per heavy atom. The lowest BCUT2D eigenvalue weighted by atomic mass is 9.86. The molecule has 0 aliphatic heterocycles. The fourth-order valence-corrected chi connectivity index (χ4v) is 1.96. The van der Waals surface area contributed by atoms with Gasteiger partial charge in [0.25, 0.3) is 0 Å². The zero-order valence-electron chi connectivity index (χ0n) is 8.70. The summed E-state index contributed by atoms with van der Waals surface area (Å²) >= 11 is 0. The van der Waals surface area contributed by atoms with Crippen molar-refractivity contribution in [2.45, 2.75) is 45.1 Å². The van der Waals surface area contributed by atoms with E-state index in [0.29, 0.717) is 5.92 Å². The van der Waals surface area contributed by atoms with E-state index in [2.05, 4.69) is 24.4 Å². The topological polar surface area (TPSA) is 49.3 Å². The first kappa shape index (κ1) is 11.1. The molecule has 0 saturated heterocycles. The molecule has 0 unspecified atom stereocenters. The van der Waals surface area contributed by atoms with Gasteiger partial charge >= 0.3 is 6.09 Å². The molecule has 1 aliphatic carbocycles. The predicted molar refractivity (Wildman–Crippen MR) is 56.3 cm³/mol. The summed E-state index contributed by atoms with van der Waals surface area (Å²) < 4.78 is 0. The van der Waals surface area contributed by atoms with Crippen LogP contribution < -0.4 is 5.32 Å². The molecule has 0 radical (unpaired) electrons. The fraction of sp³-hybridized carbons (Fsp3) is 0.727. The van der Waals surface area contributed by atoms with Gasteiger partial charge in [-0.05, 0) is 38.0 Å². The van der Waals surface area contributed by atoms with E-state index in [1.54, 1.807) is 0 Å². The van der Waals surface area contributed by atoms with E-state index in [4.69, 9.17) is 5.11 Å². The van der Waals surface area contributed by atoms with Gasteiger partial charge in [-0.3, -0.25) is 0 Å². The second kappa shape index (κ2) is 5.68. The lowest BCUT2D eigenvalue weighted by Gasteiger charge is -2.26. The molecular weight excluding hydrogens is 178 g/mol. The van der Waals surface area contributed by atoms with Gasteiger partial charge in [0.05, 0.1) is 0 Å². The van der Waals surface area contributed by atoms with E-state index in [1.165, 1.54) is 0 Å². The van der Waals surface area contributed by atoms with Crippen molar-refractivity contribution in [1.82, 2.24) is 5.32 Å². The fourth-order valence-electron chi connectivity index (χ4n) is 1.96. The summed E-state index contributed by atoms with van der Waals surface area (Å²) in [5, 5.41) is 11.1. The zero-order chi connectivity index (χ0) is 10.4. The van der Waals surface area contributed by atoms with E-state index in [9.17, 15) is 4.79 Å². The molecule has 1 amide bonds. The Labute approximate surface area is 85.2 Å². The highest BCUT2D eigenvalue weighted by atomic mass is 16.4. The third-order valence-corrected chi connectivity index (χ3v) is 2.74. The average Bonchev–Trinajstić information content (AvgIpc) is 2.16. The Balaban J connectivity index is 2.24. The number of carbonyl (C=O) groups is 1. The van der Waals surface area contributed by atoms with E-state index < -0.39 is 6.09 Å². The molecule has 0 spiro atoms. The van der Waals surface area contributed by atoms with Crippen LogP contribution in [0.5, 0.6) is 0 Å². The van der Waals surface area contributed by atoms with E-state index in [1.807, 2.05) is 0 Å². The molecule has 0 aromatic carbocycles. The van der Waals surface area contributed by atoms with Gasteiger partial charge in [-0.2, -0.15) is 0 Å². The molecule has 0 aromatic heterocycles. The van der Waals surface area contributed by atoms with Crippen LogP contribution >= 0.6 is 0 Å². The lowest BCUT2D eigenvalue weighted by molar-refractivity contribution is 0.184. The summed E-state index contributed by atoms with van der Waals surface area (Å²) in [6.07, 6.45) is 8.86. The zero-order valence-corrected chi connectivity index (χ0v) is 8.70. The quantitative estimate of drug-likeness (QED) is 0.683. The third-order valence-electron chi connectivity index (χ3n) is 2.74. The van der Waals surface area contributed by atoms with Crippen LogP contribution in [0.3, 0.4) is 0 Å². The van der Waals surface area contributed by atoms with Gasteiger partial charge < -0.3 is 10.4 Å². The van der Waals surface area contributed by atoms with E-state index >= 15 is 0 Å². The molecule has 1 fully saturated rings. The number of carboxylic acid groups (broad SMARTS) is 1. The SMILES string of the molecule is CC/C=C\C1CCC(NC(=O)O)CC1.